The van der Waals surface area contributed by atoms with Crippen molar-refractivity contribution in [2.45, 2.75) is 13.8 Å². The highest BCUT2D eigenvalue weighted by Gasteiger charge is 2.13. The Morgan fingerprint density at radius 1 is 1.00 bits per heavy atom. The van der Waals surface area contributed by atoms with Gasteiger partial charge in [0, 0.05) is 11.5 Å². The van der Waals surface area contributed by atoms with E-state index in [0.717, 1.165) is 38.6 Å². The van der Waals surface area contributed by atoms with Crippen molar-refractivity contribution < 1.29 is 0 Å². The summed E-state index contributed by atoms with van der Waals surface area (Å²) in [6.45, 7) is 4.13. The Bertz CT molecular complexity index is 1410. The van der Waals surface area contributed by atoms with E-state index in [1.54, 1.807) is 18.3 Å². The van der Waals surface area contributed by atoms with Gasteiger partial charge >= 0.3 is 0 Å². The van der Waals surface area contributed by atoms with Crippen molar-refractivity contribution in [2.24, 2.45) is 0 Å². The molecule has 0 aliphatic rings. The lowest BCUT2D eigenvalue weighted by Gasteiger charge is -2.16. The number of anilines is 3. The number of hydrogen-bond acceptors (Lipinski definition) is 6. The van der Waals surface area contributed by atoms with Gasteiger partial charge < -0.3 is 11.1 Å². The first-order valence-electron chi connectivity index (χ1n) is 10.0. The number of pyridine rings is 2. The van der Waals surface area contributed by atoms with Gasteiger partial charge in [0.2, 0.25) is 0 Å². The second-order valence-electron chi connectivity index (χ2n) is 7.45. The molecule has 0 unspecified atom stereocenters. The van der Waals surface area contributed by atoms with Crippen LogP contribution in [-0.4, -0.2) is 9.97 Å². The summed E-state index contributed by atoms with van der Waals surface area (Å²) in [6.07, 6.45) is 4.88. The van der Waals surface area contributed by atoms with Crippen molar-refractivity contribution in [3.63, 3.8) is 0 Å². The molecule has 0 spiro atoms. The molecule has 0 amide bonds. The van der Waals surface area contributed by atoms with Gasteiger partial charge in [-0.25, -0.2) is 9.97 Å². The van der Waals surface area contributed by atoms with Gasteiger partial charge in [-0.05, 0) is 71.3 Å². The Labute approximate surface area is 186 Å². The lowest BCUT2D eigenvalue weighted by Crippen LogP contribution is -2.00. The van der Waals surface area contributed by atoms with Crippen molar-refractivity contribution in [1.82, 2.24) is 9.97 Å². The predicted molar refractivity (Wildman–Crippen MR) is 128 cm³/mol. The maximum atomic E-state index is 8.94. The van der Waals surface area contributed by atoms with Crippen LogP contribution in [0.1, 0.15) is 22.4 Å². The highest BCUT2D eigenvalue weighted by molar-refractivity contribution is 6.03. The Balaban J connectivity index is 1.83. The fraction of sp³-hybridized carbons (Fsp3) is 0.0769. The SMILES string of the molecule is Cc1cc(/C=C/C#N)cc(C)c1-c1cccc2c(N)nc(Nc3ccc(C#N)nc3)cc12. The Kier molecular flexibility index (Phi) is 5.53. The van der Waals surface area contributed by atoms with E-state index in [-0.39, 0.29) is 0 Å². The number of benzene rings is 2. The van der Waals surface area contributed by atoms with E-state index in [0.29, 0.717) is 23.0 Å². The van der Waals surface area contributed by atoms with Crippen LogP contribution in [0.25, 0.3) is 28.0 Å². The number of nitrogen functional groups attached to an aromatic ring is 1. The fourth-order valence-electron chi connectivity index (χ4n) is 3.92. The molecule has 2 aromatic carbocycles. The van der Waals surface area contributed by atoms with Crippen molar-refractivity contribution in [3.05, 3.63) is 83.2 Å². The number of nitrogens with zero attached hydrogens (tertiary/aromatic N) is 4. The molecule has 6 heteroatoms. The van der Waals surface area contributed by atoms with E-state index in [1.807, 2.05) is 36.4 Å². The number of nitriles is 2. The summed E-state index contributed by atoms with van der Waals surface area (Å²) in [4.78, 5) is 8.59. The molecule has 6 nitrogen and oxygen atoms in total. The standard InChI is InChI=1S/C26H20N6/c1-16-11-18(5-4-10-27)12-17(2)25(16)21-6-3-7-22-23(21)13-24(32-26(22)29)31-20-9-8-19(14-28)30-15-20/h3-9,11-13,15H,1-2H3,(H3,29,31,32)/b5-4+. The van der Waals surface area contributed by atoms with E-state index in [2.05, 4.69) is 47.3 Å². The first kappa shape index (κ1) is 20.6. The molecule has 2 aromatic heterocycles. The number of aromatic nitrogens is 2. The minimum absolute atomic E-state index is 0.350. The number of allylic oxidation sites excluding steroid dienone is 1. The average Bonchev–Trinajstić information content (AvgIpc) is 2.78. The molecule has 32 heavy (non-hydrogen) atoms. The monoisotopic (exact) mass is 416 g/mol. The van der Waals surface area contributed by atoms with Crippen LogP contribution >= 0.6 is 0 Å². The minimum atomic E-state index is 0.350. The Morgan fingerprint density at radius 2 is 1.78 bits per heavy atom. The quantitative estimate of drug-likeness (QED) is 0.416. The zero-order chi connectivity index (χ0) is 22.7. The molecule has 0 radical (unpaired) electrons. The number of nitrogens with one attached hydrogen (secondary N) is 1. The highest BCUT2D eigenvalue weighted by Crippen LogP contribution is 2.37. The molecule has 0 saturated heterocycles. The predicted octanol–water partition coefficient (Wildman–Crippen LogP) is 5.65. The molecular formula is C26H20N6. The van der Waals surface area contributed by atoms with Crippen LogP contribution in [0.2, 0.25) is 0 Å². The van der Waals surface area contributed by atoms with Crippen LogP contribution in [0.15, 0.2) is 60.8 Å². The summed E-state index contributed by atoms with van der Waals surface area (Å²) in [7, 11) is 0. The van der Waals surface area contributed by atoms with E-state index < -0.39 is 0 Å². The van der Waals surface area contributed by atoms with Crippen LogP contribution in [0.4, 0.5) is 17.3 Å². The molecular weight excluding hydrogens is 396 g/mol. The van der Waals surface area contributed by atoms with Gasteiger partial charge in [-0.1, -0.05) is 30.3 Å². The van der Waals surface area contributed by atoms with Crippen LogP contribution in [0, 0.1) is 36.5 Å². The van der Waals surface area contributed by atoms with Crippen LogP contribution in [-0.2, 0) is 0 Å². The van der Waals surface area contributed by atoms with Crippen LogP contribution < -0.4 is 11.1 Å². The maximum absolute atomic E-state index is 8.94. The molecule has 0 atom stereocenters. The fourth-order valence-corrected chi connectivity index (χ4v) is 3.92. The normalized spacial score (nSPS) is 10.8. The molecule has 4 rings (SSSR count). The number of fused-ring (bicyclic) bond motifs is 1. The van der Waals surface area contributed by atoms with E-state index in [4.69, 9.17) is 16.3 Å². The summed E-state index contributed by atoms with van der Waals surface area (Å²) in [5.74, 6) is 1.02. The number of rotatable bonds is 4. The maximum Gasteiger partial charge on any atom is 0.140 e. The average molecular weight is 416 g/mol. The van der Waals surface area contributed by atoms with E-state index in [1.165, 1.54) is 6.08 Å². The molecule has 2 heterocycles. The van der Waals surface area contributed by atoms with Gasteiger partial charge in [-0.2, -0.15) is 10.5 Å². The molecule has 3 N–H and O–H groups in total. The summed E-state index contributed by atoms with van der Waals surface area (Å²) < 4.78 is 0. The van der Waals surface area contributed by atoms with E-state index in [9.17, 15) is 0 Å². The molecule has 0 aliphatic heterocycles. The van der Waals surface area contributed by atoms with E-state index >= 15 is 0 Å². The van der Waals surface area contributed by atoms with Crippen LogP contribution in [0.3, 0.4) is 0 Å². The van der Waals surface area contributed by atoms with Crippen molar-refractivity contribution >= 4 is 34.2 Å². The van der Waals surface area contributed by atoms with Crippen molar-refractivity contribution in [2.75, 3.05) is 11.1 Å². The molecule has 0 saturated carbocycles. The van der Waals surface area contributed by atoms with Crippen molar-refractivity contribution in [1.29, 1.82) is 10.5 Å². The number of aryl methyl sites for hydroxylation is 2. The summed E-state index contributed by atoms with van der Waals surface area (Å²) in [6, 6.07) is 19.6. The second kappa shape index (κ2) is 8.59. The van der Waals surface area contributed by atoms with Gasteiger partial charge in [0.05, 0.1) is 18.0 Å². The molecule has 0 bridgehead atoms. The summed E-state index contributed by atoms with van der Waals surface area (Å²) in [5.41, 5.74) is 12.8. The molecule has 0 aliphatic carbocycles. The lowest BCUT2D eigenvalue weighted by atomic mass is 9.90. The molecule has 0 fully saturated rings. The molecule has 154 valence electrons. The van der Waals surface area contributed by atoms with Crippen molar-refractivity contribution in [3.8, 4) is 23.3 Å². The molecule has 4 aromatic rings. The number of hydrogen-bond donors (Lipinski definition) is 2. The highest BCUT2D eigenvalue weighted by atomic mass is 15.0. The number of nitrogens with two attached hydrogens (primary N) is 1. The summed E-state index contributed by atoms with van der Waals surface area (Å²) >= 11 is 0. The van der Waals surface area contributed by atoms with Gasteiger partial charge in [-0.3, -0.25) is 0 Å². The van der Waals surface area contributed by atoms with Gasteiger partial charge in [0.25, 0.3) is 0 Å². The first-order chi connectivity index (χ1) is 15.5. The van der Waals surface area contributed by atoms with Gasteiger partial charge in [-0.15, -0.1) is 0 Å². The zero-order valence-corrected chi connectivity index (χ0v) is 17.7. The topological polar surface area (TPSA) is 111 Å². The first-order valence-corrected chi connectivity index (χ1v) is 10.0. The second-order valence-corrected chi connectivity index (χ2v) is 7.45. The third-order valence-electron chi connectivity index (χ3n) is 5.23. The Hall–Kier alpha value is -4.68. The van der Waals surface area contributed by atoms with Crippen LogP contribution in [0.5, 0.6) is 0 Å². The minimum Gasteiger partial charge on any atom is -0.383 e. The largest absolute Gasteiger partial charge is 0.383 e. The third-order valence-corrected chi connectivity index (χ3v) is 5.23. The zero-order valence-electron chi connectivity index (χ0n) is 17.7. The smallest absolute Gasteiger partial charge is 0.140 e. The van der Waals surface area contributed by atoms with Gasteiger partial charge in [0.15, 0.2) is 0 Å². The Morgan fingerprint density at radius 3 is 2.44 bits per heavy atom. The lowest BCUT2D eigenvalue weighted by molar-refractivity contribution is 1.25. The third kappa shape index (κ3) is 3.98. The summed E-state index contributed by atoms with van der Waals surface area (Å²) in [5, 5.41) is 22.8. The van der Waals surface area contributed by atoms with Gasteiger partial charge in [0.1, 0.15) is 23.4 Å².